The molecule has 2 rings (SSSR count). The smallest absolute Gasteiger partial charge is 0.295 e. The molecule has 8 heteroatoms. The minimum absolute atomic E-state index is 0.180. The molecular formula is C13H16ClFN2O4. The highest BCUT2D eigenvalue weighted by atomic mass is 35.5. The van der Waals surface area contributed by atoms with E-state index in [1.165, 1.54) is 6.07 Å². The molecule has 1 aliphatic heterocycles. The first-order valence-electron chi connectivity index (χ1n) is 6.40. The van der Waals surface area contributed by atoms with Crippen molar-refractivity contribution < 1.29 is 19.2 Å². The lowest BCUT2D eigenvalue weighted by Crippen LogP contribution is -2.54. The van der Waals surface area contributed by atoms with Crippen molar-refractivity contribution in [2.75, 3.05) is 24.6 Å². The summed E-state index contributed by atoms with van der Waals surface area (Å²) in [6.45, 7) is 4.06. The van der Waals surface area contributed by atoms with Gasteiger partial charge in [0.1, 0.15) is 11.5 Å². The van der Waals surface area contributed by atoms with E-state index in [-0.39, 0.29) is 29.5 Å². The van der Waals surface area contributed by atoms with Crippen LogP contribution in [-0.4, -0.2) is 41.4 Å². The maximum absolute atomic E-state index is 13.5. The molecule has 1 atom stereocenters. The molecule has 0 amide bonds. The van der Waals surface area contributed by atoms with Crippen molar-refractivity contribution in [3.8, 4) is 0 Å². The van der Waals surface area contributed by atoms with E-state index in [2.05, 4.69) is 0 Å². The van der Waals surface area contributed by atoms with Crippen molar-refractivity contribution in [2.24, 2.45) is 0 Å². The van der Waals surface area contributed by atoms with Crippen molar-refractivity contribution >= 4 is 23.0 Å². The third-order valence-electron chi connectivity index (χ3n) is 3.24. The second-order valence-electron chi connectivity index (χ2n) is 5.57. The van der Waals surface area contributed by atoms with Crippen LogP contribution in [0.4, 0.5) is 15.8 Å². The number of rotatable bonds is 3. The van der Waals surface area contributed by atoms with E-state index in [9.17, 15) is 19.6 Å². The Morgan fingerprint density at radius 1 is 1.62 bits per heavy atom. The molecular weight excluding hydrogens is 303 g/mol. The molecule has 21 heavy (non-hydrogen) atoms. The van der Waals surface area contributed by atoms with Crippen molar-refractivity contribution in [2.45, 2.75) is 25.6 Å². The van der Waals surface area contributed by atoms with Gasteiger partial charge in [0.25, 0.3) is 5.69 Å². The molecule has 0 spiro atoms. The monoisotopic (exact) mass is 318 g/mol. The molecule has 0 aromatic heterocycles. The molecule has 1 aromatic carbocycles. The number of aliphatic hydroxyl groups is 1. The van der Waals surface area contributed by atoms with Gasteiger partial charge in [0.2, 0.25) is 0 Å². The minimum Gasteiger partial charge on any atom is -0.394 e. The molecule has 1 heterocycles. The number of morpholine rings is 1. The topological polar surface area (TPSA) is 75.8 Å². The largest absolute Gasteiger partial charge is 0.394 e. The Labute approximate surface area is 126 Å². The van der Waals surface area contributed by atoms with Crippen LogP contribution >= 0.6 is 11.6 Å². The Kier molecular flexibility index (Phi) is 4.36. The molecule has 1 aliphatic rings. The van der Waals surface area contributed by atoms with Crippen molar-refractivity contribution in [1.82, 2.24) is 0 Å². The summed E-state index contributed by atoms with van der Waals surface area (Å²) in [5.74, 6) is -0.835. The number of hydrogen-bond acceptors (Lipinski definition) is 5. The number of anilines is 1. The van der Waals surface area contributed by atoms with Crippen LogP contribution in [0.1, 0.15) is 13.8 Å². The van der Waals surface area contributed by atoms with Gasteiger partial charge in [-0.1, -0.05) is 11.6 Å². The van der Waals surface area contributed by atoms with E-state index in [4.69, 9.17) is 16.3 Å². The molecule has 0 bridgehead atoms. The summed E-state index contributed by atoms with van der Waals surface area (Å²) in [4.78, 5) is 12.2. The summed E-state index contributed by atoms with van der Waals surface area (Å²) >= 11 is 5.75. The van der Waals surface area contributed by atoms with Gasteiger partial charge in [-0.15, -0.1) is 0 Å². The minimum atomic E-state index is -0.835. The molecule has 0 saturated carbocycles. The quantitative estimate of drug-likeness (QED) is 0.684. The average molecular weight is 319 g/mol. The Balaban J connectivity index is 2.44. The summed E-state index contributed by atoms with van der Waals surface area (Å²) in [5, 5.41) is 20.2. The Morgan fingerprint density at radius 2 is 2.29 bits per heavy atom. The van der Waals surface area contributed by atoms with Gasteiger partial charge in [0.05, 0.1) is 34.3 Å². The van der Waals surface area contributed by atoms with E-state index in [0.717, 1.165) is 6.07 Å². The summed E-state index contributed by atoms with van der Waals surface area (Å²) in [7, 11) is 0. The van der Waals surface area contributed by atoms with Crippen LogP contribution in [0.15, 0.2) is 12.1 Å². The standard InChI is InChI=1S/C13H16ClFN2O4/c1-13(2)7-16(5-8(6-18)21-13)11-3-9(14)10(15)4-12(11)17(19)20/h3-4,8,18H,5-7H2,1-2H3. The molecule has 1 fully saturated rings. The molecule has 1 saturated heterocycles. The van der Waals surface area contributed by atoms with Crippen LogP contribution in [-0.2, 0) is 4.74 Å². The predicted molar refractivity (Wildman–Crippen MR) is 76.3 cm³/mol. The van der Waals surface area contributed by atoms with Gasteiger partial charge in [0, 0.05) is 13.1 Å². The van der Waals surface area contributed by atoms with Gasteiger partial charge in [-0.2, -0.15) is 0 Å². The zero-order valence-corrected chi connectivity index (χ0v) is 12.4. The van der Waals surface area contributed by atoms with Gasteiger partial charge >= 0.3 is 0 Å². The highest BCUT2D eigenvalue weighted by molar-refractivity contribution is 6.31. The number of nitro groups is 1. The van der Waals surface area contributed by atoms with Crippen LogP contribution in [0.5, 0.6) is 0 Å². The number of benzene rings is 1. The molecule has 1 N–H and O–H groups in total. The molecule has 1 aromatic rings. The SMILES string of the molecule is CC1(C)CN(c2cc(Cl)c(F)cc2[N+](=O)[O-])CC(CO)O1. The van der Waals surface area contributed by atoms with E-state index in [1.54, 1.807) is 4.90 Å². The van der Waals surface area contributed by atoms with E-state index in [1.807, 2.05) is 13.8 Å². The summed E-state index contributed by atoms with van der Waals surface area (Å²) in [5.41, 5.74) is -0.729. The average Bonchev–Trinajstić information content (AvgIpc) is 2.39. The lowest BCUT2D eigenvalue weighted by atomic mass is 10.0. The van der Waals surface area contributed by atoms with Gasteiger partial charge in [-0.3, -0.25) is 10.1 Å². The van der Waals surface area contributed by atoms with Gasteiger partial charge in [0.15, 0.2) is 0 Å². The van der Waals surface area contributed by atoms with Gasteiger partial charge in [-0.05, 0) is 19.9 Å². The van der Waals surface area contributed by atoms with E-state index in [0.29, 0.717) is 6.54 Å². The maximum atomic E-state index is 13.5. The third-order valence-corrected chi connectivity index (χ3v) is 3.53. The number of nitrogens with zero attached hydrogens (tertiary/aromatic N) is 2. The second kappa shape index (κ2) is 5.75. The number of aliphatic hydroxyl groups excluding tert-OH is 1. The van der Waals surface area contributed by atoms with Crippen LogP contribution in [0.3, 0.4) is 0 Å². The molecule has 6 nitrogen and oxygen atoms in total. The first-order valence-corrected chi connectivity index (χ1v) is 6.78. The lowest BCUT2D eigenvalue weighted by Gasteiger charge is -2.43. The Bertz CT molecular complexity index is 567. The fourth-order valence-electron chi connectivity index (χ4n) is 2.50. The number of hydrogen-bond donors (Lipinski definition) is 1. The first kappa shape index (κ1) is 15.9. The predicted octanol–water partition coefficient (Wildman–Crippen LogP) is 2.36. The molecule has 116 valence electrons. The van der Waals surface area contributed by atoms with Crippen LogP contribution < -0.4 is 4.90 Å². The Hall–Kier alpha value is -1.44. The fourth-order valence-corrected chi connectivity index (χ4v) is 2.66. The van der Waals surface area contributed by atoms with Crippen LogP contribution in [0.25, 0.3) is 0 Å². The normalized spacial score (nSPS) is 21.4. The first-order chi connectivity index (χ1) is 9.73. The number of halogens is 2. The molecule has 0 radical (unpaired) electrons. The lowest BCUT2D eigenvalue weighted by molar-refractivity contribution is -0.384. The third kappa shape index (κ3) is 3.42. The summed E-state index contributed by atoms with van der Waals surface area (Å²) in [6, 6.07) is 2.05. The maximum Gasteiger partial charge on any atom is 0.295 e. The van der Waals surface area contributed by atoms with Crippen LogP contribution in [0.2, 0.25) is 5.02 Å². The van der Waals surface area contributed by atoms with Crippen molar-refractivity contribution in [3.05, 3.63) is 33.1 Å². The fraction of sp³-hybridized carbons (Fsp3) is 0.538. The highest BCUT2D eigenvalue weighted by Crippen LogP contribution is 2.36. The zero-order chi connectivity index (χ0) is 15.8. The number of ether oxygens (including phenoxy) is 1. The van der Waals surface area contributed by atoms with Crippen molar-refractivity contribution in [3.63, 3.8) is 0 Å². The van der Waals surface area contributed by atoms with Gasteiger partial charge in [-0.25, -0.2) is 4.39 Å². The highest BCUT2D eigenvalue weighted by Gasteiger charge is 2.36. The van der Waals surface area contributed by atoms with Crippen molar-refractivity contribution in [1.29, 1.82) is 0 Å². The summed E-state index contributed by atoms with van der Waals surface area (Å²) in [6.07, 6.45) is -0.475. The zero-order valence-electron chi connectivity index (χ0n) is 11.7. The van der Waals surface area contributed by atoms with Crippen LogP contribution in [0, 0.1) is 15.9 Å². The Morgan fingerprint density at radius 3 is 2.86 bits per heavy atom. The molecule has 1 unspecified atom stereocenters. The second-order valence-corrected chi connectivity index (χ2v) is 5.98. The number of nitro benzene ring substituents is 1. The van der Waals surface area contributed by atoms with Gasteiger partial charge < -0.3 is 14.7 Å². The summed E-state index contributed by atoms with van der Waals surface area (Å²) < 4.78 is 19.1. The van der Waals surface area contributed by atoms with E-state index >= 15 is 0 Å². The van der Waals surface area contributed by atoms with E-state index < -0.39 is 22.4 Å². The molecule has 0 aliphatic carbocycles.